The Morgan fingerprint density at radius 2 is 1.95 bits per heavy atom. The Morgan fingerprint density at radius 1 is 1.16 bits per heavy atom. The van der Waals surface area contributed by atoms with E-state index in [2.05, 4.69) is 10.6 Å². The summed E-state index contributed by atoms with van der Waals surface area (Å²) in [7, 11) is 0. The summed E-state index contributed by atoms with van der Waals surface area (Å²) in [6.07, 6.45) is 8.05. The van der Waals surface area contributed by atoms with Gasteiger partial charge in [-0.15, -0.1) is 0 Å². The molecule has 1 heterocycles. The van der Waals surface area contributed by atoms with Crippen LogP contribution in [0.2, 0.25) is 0 Å². The fraction of sp³-hybridized carbons (Fsp3) is 0.938. The molecule has 0 aromatic rings. The van der Waals surface area contributed by atoms with Crippen molar-refractivity contribution < 1.29 is 4.79 Å². The molecule has 106 valence electrons. The van der Waals surface area contributed by atoms with Crippen LogP contribution in [-0.2, 0) is 4.79 Å². The van der Waals surface area contributed by atoms with Crippen LogP contribution in [-0.4, -0.2) is 25.5 Å². The van der Waals surface area contributed by atoms with E-state index in [9.17, 15) is 4.79 Å². The lowest BCUT2D eigenvalue weighted by Crippen LogP contribution is -2.34. The lowest BCUT2D eigenvalue weighted by Gasteiger charge is -2.22. The highest BCUT2D eigenvalue weighted by atomic mass is 16.2. The van der Waals surface area contributed by atoms with Gasteiger partial charge in [-0.3, -0.25) is 4.79 Å². The van der Waals surface area contributed by atoms with Crippen LogP contribution in [0.1, 0.15) is 38.5 Å². The molecule has 3 aliphatic carbocycles. The molecule has 0 aromatic carbocycles. The first-order chi connectivity index (χ1) is 9.34. The monoisotopic (exact) mass is 262 g/mol. The van der Waals surface area contributed by atoms with Gasteiger partial charge in [-0.2, -0.15) is 0 Å². The first kappa shape index (κ1) is 12.2. The molecule has 2 N–H and O–H groups in total. The van der Waals surface area contributed by atoms with Gasteiger partial charge in [-0.25, -0.2) is 0 Å². The van der Waals surface area contributed by atoms with Crippen LogP contribution >= 0.6 is 0 Å². The summed E-state index contributed by atoms with van der Waals surface area (Å²) >= 11 is 0. The minimum Gasteiger partial charge on any atom is -0.356 e. The standard InChI is InChI=1S/C16H26N2O/c19-16(18-7-5-10-2-1-6-17-9-10)15-13-11-3-4-12(8-11)14(13)15/h10-15,17H,1-9H2,(H,18,19). The molecule has 1 saturated heterocycles. The predicted octanol–water partition coefficient (Wildman–Crippen LogP) is 1.78. The van der Waals surface area contributed by atoms with Gasteiger partial charge >= 0.3 is 0 Å². The lowest BCUT2D eigenvalue weighted by molar-refractivity contribution is -0.123. The summed E-state index contributed by atoms with van der Waals surface area (Å²) in [4.78, 5) is 12.3. The van der Waals surface area contributed by atoms with Crippen LogP contribution in [0.4, 0.5) is 0 Å². The molecule has 3 saturated carbocycles. The molecule has 0 spiro atoms. The van der Waals surface area contributed by atoms with E-state index in [4.69, 9.17) is 0 Å². The largest absolute Gasteiger partial charge is 0.356 e. The van der Waals surface area contributed by atoms with Crippen LogP contribution < -0.4 is 10.6 Å². The van der Waals surface area contributed by atoms with Crippen LogP contribution in [0.25, 0.3) is 0 Å². The zero-order chi connectivity index (χ0) is 12.8. The maximum absolute atomic E-state index is 12.3. The van der Waals surface area contributed by atoms with Crippen LogP contribution in [0, 0.1) is 35.5 Å². The SMILES string of the molecule is O=C(NCCC1CCCNC1)C1C2C3CCC(C3)C12. The number of hydrogen-bond donors (Lipinski definition) is 2. The third-order valence-corrected chi connectivity index (χ3v) is 6.29. The molecule has 4 rings (SSSR count). The molecule has 2 bridgehead atoms. The van der Waals surface area contributed by atoms with Gasteiger partial charge in [0, 0.05) is 12.5 Å². The number of carbonyl (C=O) groups excluding carboxylic acids is 1. The zero-order valence-corrected chi connectivity index (χ0v) is 11.7. The topological polar surface area (TPSA) is 41.1 Å². The summed E-state index contributed by atoms with van der Waals surface area (Å²) in [5.41, 5.74) is 0. The third kappa shape index (κ3) is 2.10. The van der Waals surface area contributed by atoms with Gasteiger partial charge in [0.05, 0.1) is 0 Å². The summed E-state index contributed by atoms with van der Waals surface area (Å²) < 4.78 is 0. The van der Waals surface area contributed by atoms with E-state index in [-0.39, 0.29) is 0 Å². The van der Waals surface area contributed by atoms with Crippen molar-refractivity contribution in [3.05, 3.63) is 0 Å². The number of hydrogen-bond acceptors (Lipinski definition) is 2. The van der Waals surface area contributed by atoms with Gasteiger partial charge in [0.15, 0.2) is 0 Å². The number of fused-ring (bicyclic) bond motifs is 5. The fourth-order valence-corrected chi connectivity index (χ4v) is 5.36. The number of rotatable bonds is 4. The van der Waals surface area contributed by atoms with E-state index in [1.54, 1.807) is 0 Å². The Morgan fingerprint density at radius 3 is 2.63 bits per heavy atom. The van der Waals surface area contributed by atoms with Crippen molar-refractivity contribution >= 4 is 5.91 Å². The van der Waals surface area contributed by atoms with Crippen molar-refractivity contribution in [2.75, 3.05) is 19.6 Å². The van der Waals surface area contributed by atoms with Crippen LogP contribution in [0.5, 0.6) is 0 Å². The predicted molar refractivity (Wildman–Crippen MR) is 74.5 cm³/mol. The molecule has 3 heteroatoms. The normalized spacial score (nSPS) is 46.9. The average Bonchev–Trinajstić information content (AvgIpc) is 2.89. The van der Waals surface area contributed by atoms with E-state index in [0.717, 1.165) is 49.1 Å². The molecule has 1 amide bonds. The number of carbonyl (C=O) groups is 1. The van der Waals surface area contributed by atoms with Crippen LogP contribution in [0.3, 0.4) is 0 Å². The summed E-state index contributed by atoms with van der Waals surface area (Å²) in [5, 5.41) is 6.67. The fourth-order valence-electron chi connectivity index (χ4n) is 5.36. The molecule has 1 aliphatic heterocycles. The van der Waals surface area contributed by atoms with Crippen molar-refractivity contribution in [1.82, 2.24) is 10.6 Å². The Balaban J connectivity index is 1.21. The van der Waals surface area contributed by atoms with E-state index in [1.165, 1.54) is 38.6 Å². The molecule has 5 unspecified atom stereocenters. The number of piperidine rings is 1. The van der Waals surface area contributed by atoms with Gasteiger partial charge in [0.25, 0.3) is 0 Å². The highest BCUT2D eigenvalue weighted by molar-refractivity contribution is 5.82. The Hall–Kier alpha value is -0.570. The molecule has 3 nitrogen and oxygen atoms in total. The van der Waals surface area contributed by atoms with Crippen molar-refractivity contribution in [2.24, 2.45) is 35.5 Å². The highest BCUT2D eigenvalue weighted by Crippen LogP contribution is 2.69. The summed E-state index contributed by atoms with van der Waals surface area (Å²) in [6.45, 7) is 3.22. The molecule has 4 fully saturated rings. The van der Waals surface area contributed by atoms with Gasteiger partial charge < -0.3 is 10.6 Å². The number of nitrogens with one attached hydrogen (secondary N) is 2. The van der Waals surface area contributed by atoms with Gasteiger partial charge in [0.2, 0.25) is 5.91 Å². The third-order valence-electron chi connectivity index (χ3n) is 6.29. The highest BCUT2D eigenvalue weighted by Gasteiger charge is 2.67. The molecular weight excluding hydrogens is 236 g/mol. The first-order valence-corrected chi connectivity index (χ1v) is 8.33. The van der Waals surface area contributed by atoms with Gasteiger partial charge in [-0.1, -0.05) is 0 Å². The van der Waals surface area contributed by atoms with Gasteiger partial charge in [0.1, 0.15) is 0 Å². The van der Waals surface area contributed by atoms with E-state index in [1.807, 2.05) is 0 Å². The maximum atomic E-state index is 12.3. The first-order valence-electron chi connectivity index (χ1n) is 8.33. The Labute approximate surface area is 115 Å². The Kier molecular flexibility index (Phi) is 3.06. The molecule has 4 aliphatic rings. The second kappa shape index (κ2) is 4.76. The van der Waals surface area contributed by atoms with Crippen LogP contribution in [0.15, 0.2) is 0 Å². The second-order valence-corrected chi connectivity index (χ2v) is 7.31. The van der Waals surface area contributed by atoms with Crippen molar-refractivity contribution in [3.8, 4) is 0 Å². The minimum absolute atomic E-state index is 0.385. The van der Waals surface area contributed by atoms with Crippen molar-refractivity contribution in [2.45, 2.75) is 38.5 Å². The smallest absolute Gasteiger partial charge is 0.223 e. The van der Waals surface area contributed by atoms with E-state index < -0.39 is 0 Å². The Bertz CT molecular complexity index is 348. The lowest BCUT2D eigenvalue weighted by atomic mass is 9.96. The van der Waals surface area contributed by atoms with E-state index >= 15 is 0 Å². The molecule has 19 heavy (non-hydrogen) atoms. The number of amides is 1. The molecule has 5 atom stereocenters. The van der Waals surface area contributed by atoms with E-state index in [0.29, 0.717) is 11.8 Å². The van der Waals surface area contributed by atoms with Crippen molar-refractivity contribution in [1.29, 1.82) is 0 Å². The zero-order valence-electron chi connectivity index (χ0n) is 11.7. The molecular formula is C16H26N2O. The van der Waals surface area contributed by atoms with Gasteiger partial charge in [-0.05, 0) is 81.2 Å². The molecule has 0 radical (unpaired) electrons. The maximum Gasteiger partial charge on any atom is 0.223 e. The summed E-state index contributed by atoms with van der Waals surface area (Å²) in [6, 6.07) is 0. The second-order valence-electron chi connectivity index (χ2n) is 7.31. The molecule has 0 aromatic heterocycles. The van der Waals surface area contributed by atoms with Crippen molar-refractivity contribution in [3.63, 3.8) is 0 Å². The average molecular weight is 262 g/mol. The minimum atomic E-state index is 0.385. The quantitative estimate of drug-likeness (QED) is 0.811. The summed E-state index contributed by atoms with van der Waals surface area (Å²) in [5.74, 6) is 4.97.